The van der Waals surface area contributed by atoms with E-state index in [2.05, 4.69) is 13.8 Å². The smallest absolute Gasteiger partial charge is 0.302 e. The van der Waals surface area contributed by atoms with Gasteiger partial charge in [0, 0.05) is 6.92 Å². The number of carbonyl (C=O) groups is 1. The molecular weight excluding hydrogens is 277 g/mol. The molecule has 2 atom stereocenters. The minimum atomic E-state index is -4.44. The van der Waals surface area contributed by atoms with E-state index in [1.807, 2.05) is 21.1 Å². The molecular formula is C10H22NO7P. The molecule has 0 bridgehead atoms. The lowest BCUT2D eigenvalue weighted by Gasteiger charge is -2.27. The summed E-state index contributed by atoms with van der Waals surface area (Å²) in [5.74, 6) is -0.566. The van der Waals surface area contributed by atoms with Gasteiger partial charge in [0.2, 0.25) is 0 Å². The van der Waals surface area contributed by atoms with E-state index in [4.69, 9.17) is 0 Å². The summed E-state index contributed by atoms with van der Waals surface area (Å²) in [6.07, 6.45) is -1.21. The number of hydrogen-bond donors (Lipinski definition) is 1. The van der Waals surface area contributed by atoms with Crippen molar-refractivity contribution in [1.82, 2.24) is 0 Å². The van der Waals surface area contributed by atoms with Crippen LogP contribution in [0.3, 0.4) is 0 Å². The van der Waals surface area contributed by atoms with Crippen molar-refractivity contribution in [2.45, 2.75) is 13.0 Å². The number of phosphoric ester groups is 1. The molecule has 0 aromatic heterocycles. The van der Waals surface area contributed by atoms with E-state index in [1.54, 1.807) is 0 Å². The Labute approximate surface area is 113 Å². The molecule has 19 heavy (non-hydrogen) atoms. The van der Waals surface area contributed by atoms with Crippen LogP contribution in [0.15, 0.2) is 0 Å². The normalized spacial score (nSPS) is 16.7. The van der Waals surface area contributed by atoms with Gasteiger partial charge in [-0.1, -0.05) is 0 Å². The Bertz CT molecular complexity index is 328. The number of esters is 1. The van der Waals surface area contributed by atoms with Gasteiger partial charge in [0.25, 0.3) is 7.82 Å². The second kappa shape index (κ2) is 7.94. The number of nitrogens with zero attached hydrogens (tertiary/aromatic N) is 1. The third kappa shape index (κ3) is 12.3. The highest BCUT2D eigenvalue weighted by Crippen LogP contribution is 2.38. The van der Waals surface area contributed by atoms with E-state index in [-0.39, 0.29) is 13.2 Å². The molecule has 0 saturated carbocycles. The van der Waals surface area contributed by atoms with Crippen molar-refractivity contribution in [2.75, 3.05) is 47.5 Å². The van der Waals surface area contributed by atoms with Crippen LogP contribution < -0.4 is 4.89 Å². The number of quaternary nitrogens is 1. The van der Waals surface area contributed by atoms with Gasteiger partial charge in [0.05, 0.1) is 27.7 Å². The number of likely N-dealkylation sites (N-methyl/N-ethyl adjacent to an activating group) is 1. The van der Waals surface area contributed by atoms with E-state index in [0.29, 0.717) is 11.0 Å². The average molecular weight is 299 g/mol. The van der Waals surface area contributed by atoms with Gasteiger partial charge in [-0.25, -0.2) is 0 Å². The summed E-state index contributed by atoms with van der Waals surface area (Å²) in [6, 6.07) is 0. The first kappa shape index (κ1) is 18.5. The Hall–Kier alpha value is -0.500. The van der Waals surface area contributed by atoms with Crippen molar-refractivity contribution in [2.24, 2.45) is 0 Å². The van der Waals surface area contributed by atoms with Crippen molar-refractivity contribution in [3.05, 3.63) is 0 Å². The maximum atomic E-state index is 11.3. The Morgan fingerprint density at radius 2 is 1.89 bits per heavy atom. The zero-order chi connectivity index (χ0) is 15.1. The first-order valence-corrected chi connectivity index (χ1v) is 7.20. The van der Waals surface area contributed by atoms with Gasteiger partial charge in [-0.3, -0.25) is 9.36 Å². The van der Waals surface area contributed by atoms with Crippen LogP contribution in [0.5, 0.6) is 0 Å². The molecule has 0 aliphatic heterocycles. The third-order valence-electron chi connectivity index (χ3n) is 1.92. The number of ether oxygens (including phenoxy) is 1. The largest absolute Gasteiger partial charge is 0.756 e. The minimum absolute atomic E-state index is 0.00960. The zero-order valence-electron chi connectivity index (χ0n) is 11.7. The summed E-state index contributed by atoms with van der Waals surface area (Å²) in [5.41, 5.74) is 0. The maximum absolute atomic E-state index is 11.3. The molecule has 1 N–H and O–H groups in total. The molecule has 114 valence electrons. The second-order valence-corrected chi connectivity index (χ2v) is 6.46. The lowest BCUT2D eigenvalue weighted by molar-refractivity contribution is -0.870. The molecule has 0 amide bonds. The van der Waals surface area contributed by atoms with Crippen LogP contribution in [0.2, 0.25) is 0 Å². The van der Waals surface area contributed by atoms with E-state index in [1.165, 1.54) is 6.92 Å². The first-order chi connectivity index (χ1) is 8.52. The predicted octanol–water partition coefficient (Wildman–Crippen LogP) is -0.882. The van der Waals surface area contributed by atoms with Crippen LogP contribution in [0.4, 0.5) is 0 Å². The first-order valence-electron chi connectivity index (χ1n) is 5.74. The van der Waals surface area contributed by atoms with Crippen molar-refractivity contribution in [3.63, 3.8) is 0 Å². The van der Waals surface area contributed by atoms with Gasteiger partial charge in [-0.2, -0.15) is 0 Å². The van der Waals surface area contributed by atoms with Crippen LogP contribution in [-0.4, -0.2) is 69.2 Å². The quantitative estimate of drug-likeness (QED) is 0.335. The number of hydrogen-bond acceptors (Lipinski definition) is 7. The highest BCUT2D eigenvalue weighted by Gasteiger charge is 2.16. The Morgan fingerprint density at radius 3 is 2.37 bits per heavy atom. The molecule has 0 heterocycles. The average Bonchev–Trinajstić information content (AvgIpc) is 2.21. The maximum Gasteiger partial charge on any atom is 0.302 e. The van der Waals surface area contributed by atoms with Gasteiger partial charge < -0.3 is 28.3 Å². The molecule has 0 radical (unpaired) electrons. The highest BCUT2D eigenvalue weighted by molar-refractivity contribution is 7.45. The van der Waals surface area contributed by atoms with Crippen LogP contribution in [0, 0.1) is 0 Å². The predicted molar refractivity (Wildman–Crippen MR) is 65.0 cm³/mol. The van der Waals surface area contributed by atoms with Gasteiger partial charge in [-0.05, 0) is 0 Å². The summed E-state index contributed by atoms with van der Waals surface area (Å²) in [5, 5.41) is 9.30. The number of aliphatic hydroxyl groups excluding tert-OH is 1. The van der Waals surface area contributed by atoms with Crippen LogP contribution in [0.25, 0.3) is 0 Å². The third-order valence-corrected chi connectivity index (χ3v) is 2.88. The lowest BCUT2D eigenvalue weighted by Crippen LogP contribution is -2.37. The lowest BCUT2D eigenvalue weighted by atomic mass is 10.4. The van der Waals surface area contributed by atoms with E-state index in [9.17, 15) is 19.4 Å². The highest BCUT2D eigenvalue weighted by atomic mass is 31.2. The van der Waals surface area contributed by atoms with E-state index in [0.717, 1.165) is 0 Å². The summed E-state index contributed by atoms with van der Waals surface area (Å²) in [7, 11) is 1.23. The molecule has 0 spiro atoms. The monoisotopic (exact) mass is 299 g/mol. The SMILES string of the molecule is CC(=O)OC[C@@H](O)COP(=O)([O-])OCC[N+](C)(C)C. The molecule has 0 aliphatic carbocycles. The van der Waals surface area contributed by atoms with Crippen LogP contribution in [-0.2, 0) is 23.1 Å². The number of carbonyl (C=O) groups excluding carboxylic acids is 1. The summed E-state index contributed by atoms with van der Waals surface area (Å²) >= 11 is 0. The minimum Gasteiger partial charge on any atom is -0.756 e. The molecule has 9 heteroatoms. The second-order valence-electron chi connectivity index (χ2n) is 5.05. The molecule has 0 aromatic carbocycles. The molecule has 0 aliphatic rings. The molecule has 0 fully saturated rings. The van der Waals surface area contributed by atoms with E-state index < -0.39 is 26.5 Å². The molecule has 0 saturated heterocycles. The number of phosphoric acid groups is 1. The Kier molecular flexibility index (Phi) is 7.73. The summed E-state index contributed by atoms with van der Waals surface area (Å²) < 4.78 is 25.5. The van der Waals surface area contributed by atoms with Crippen molar-refractivity contribution in [1.29, 1.82) is 0 Å². The Balaban J connectivity index is 3.89. The van der Waals surface area contributed by atoms with Gasteiger partial charge in [0.15, 0.2) is 0 Å². The fourth-order valence-corrected chi connectivity index (χ4v) is 1.64. The summed E-state index contributed by atoms with van der Waals surface area (Å²) in [6.45, 7) is 0.822. The van der Waals surface area contributed by atoms with Crippen LogP contribution in [0.1, 0.15) is 6.92 Å². The fourth-order valence-electron chi connectivity index (χ4n) is 0.903. The van der Waals surface area contributed by atoms with Gasteiger partial charge in [0.1, 0.15) is 25.9 Å². The van der Waals surface area contributed by atoms with Crippen molar-refractivity contribution >= 4 is 13.8 Å². The van der Waals surface area contributed by atoms with Crippen LogP contribution >= 0.6 is 7.82 Å². The van der Waals surface area contributed by atoms with Gasteiger partial charge in [-0.15, -0.1) is 0 Å². The van der Waals surface area contributed by atoms with Gasteiger partial charge >= 0.3 is 5.97 Å². The number of rotatable bonds is 9. The molecule has 0 rings (SSSR count). The Morgan fingerprint density at radius 1 is 1.32 bits per heavy atom. The zero-order valence-corrected chi connectivity index (χ0v) is 12.6. The topological polar surface area (TPSA) is 105 Å². The fraction of sp³-hybridized carbons (Fsp3) is 0.900. The molecule has 0 aromatic rings. The molecule has 8 nitrogen and oxygen atoms in total. The standard InChI is InChI=1S/C10H22NO7P/c1-9(12)16-7-10(13)8-18-19(14,15)17-6-5-11(2,3)4/h10,13H,5-8H2,1-4H3/t10-/m1/s1. The number of aliphatic hydroxyl groups is 1. The summed E-state index contributed by atoms with van der Waals surface area (Å²) in [4.78, 5) is 21.8. The molecule has 1 unspecified atom stereocenters. The van der Waals surface area contributed by atoms with Crippen molar-refractivity contribution in [3.8, 4) is 0 Å². The van der Waals surface area contributed by atoms with E-state index >= 15 is 0 Å². The van der Waals surface area contributed by atoms with Crippen molar-refractivity contribution < 1.29 is 37.6 Å².